The third-order valence-corrected chi connectivity index (χ3v) is 22.6. The molecule has 2 aliphatic rings. The average molecular weight is 1340 g/mol. The SMILES string of the molecule is c1ccc(-c2ccc(-c3ccccc3)c(-c3c4c(c(-c5cc(-c6ccccc6)ccc5-c5ccccc5)c5ccccc35)=c3ccc5c6c(ccc=4c36)=c3c(-c4cc(-c6ccccc6)ccc4-c4ccccc4)c4cc6ccccc6cc4c(-c4cc(-c6ccccc6)ccc4-c4ccccc4)c3=5)c2)cc1. The summed E-state index contributed by atoms with van der Waals surface area (Å²) < 4.78 is 0. The van der Waals surface area contributed by atoms with E-state index in [1.165, 1.54) is 218 Å². The molecule has 0 aliphatic heterocycles. The van der Waals surface area contributed by atoms with E-state index in [4.69, 9.17) is 0 Å². The fourth-order valence-electron chi connectivity index (χ4n) is 17.9. The van der Waals surface area contributed by atoms with Gasteiger partial charge in [0, 0.05) is 0 Å². The quantitative estimate of drug-likeness (QED) is 0.107. The van der Waals surface area contributed by atoms with E-state index in [1.807, 2.05) is 0 Å². The predicted octanol–water partition coefficient (Wildman–Crippen LogP) is 28.1. The molecule has 0 nitrogen and oxygen atoms in total. The van der Waals surface area contributed by atoms with Gasteiger partial charge in [-0.1, -0.05) is 364 Å². The first kappa shape index (κ1) is 60.9. The maximum absolute atomic E-state index is 2.54. The number of hydrogen-bond donors (Lipinski definition) is 0. The summed E-state index contributed by atoms with van der Waals surface area (Å²) in [5.41, 5.74) is 28.5. The van der Waals surface area contributed by atoms with Gasteiger partial charge in [0.15, 0.2) is 0 Å². The highest BCUT2D eigenvalue weighted by Crippen LogP contribution is 2.52. The van der Waals surface area contributed by atoms with Crippen molar-refractivity contribution in [3.05, 3.63) is 442 Å². The van der Waals surface area contributed by atoms with E-state index >= 15 is 0 Å². The lowest BCUT2D eigenvalue weighted by atomic mass is 9.82. The first-order chi connectivity index (χ1) is 52.6. The van der Waals surface area contributed by atoms with Gasteiger partial charge in [-0.25, -0.2) is 0 Å². The molecule has 0 fully saturated rings. The van der Waals surface area contributed by atoms with Crippen LogP contribution in [0.15, 0.2) is 400 Å². The van der Waals surface area contributed by atoms with Crippen molar-refractivity contribution in [2.75, 3.05) is 0 Å². The van der Waals surface area contributed by atoms with Crippen LogP contribution in [0.3, 0.4) is 0 Å². The monoisotopic (exact) mass is 1340 g/mol. The van der Waals surface area contributed by atoms with Crippen LogP contribution < -0.4 is 0 Å². The molecule has 0 saturated carbocycles. The van der Waals surface area contributed by atoms with Crippen LogP contribution in [0.25, 0.3) is 177 Å². The standard InChI is InChI=1S/C106H66/c1-9-29-67(30-10-1)77-49-53-81(71-37-17-5-18-38-71)91(63-77)97-85-47-27-28-48-86(85)98(92-64-78(68-31-11-2-12-32-68)50-54-82(92)72-39-19-6-20-40-72)104-88-58-60-90-100-89(59-57-87(99(88)100)103(97)104)105-101(93-65-79(69-33-13-3-14-34-69)51-55-83(93)73-41-21-7-22-42-73)95-61-75-45-25-26-46-76(75)62-96(95)102(106(90)105)94-66-80(70-35-15-4-16-36-70)52-56-84(94)74-43-23-8-24-44-74/h1-66H. The van der Waals surface area contributed by atoms with Crippen molar-refractivity contribution in [2.45, 2.75) is 0 Å². The number of fused-ring (bicyclic) bond motifs is 5. The van der Waals surface area contributed by atoms with Gasteiger partial charge in [-0.05, 0) is 255 Å². The van der Waals surface area contributed by atoms with E-state index in [0.717, 1.165) is 0 Å². The lowest BCUT2D eigenvalue weighted by Crippen LogP contribution is -1.97. The Morgan fingerprint density at radius 3 is 0.575 bits per heavy atom. The molecule has 0 radical (unpaired) electrons. The second-order valence-electron chi connectivity index (χ2n) is 28.3. The highest BCUT2D eigenvalue weighted by molar-refractivity contribution is 6.16. The summed E-state index contributed by atoms with van der Waals surface area (Å²) in [6.45, 7) is 0. The van der Waals surface area contributed by atoms with Crippen LogP contribution in [0.4, 0.5) is 0 Å². The summed E-state index contributed by atoms with van der Waals surface area (Å²) >= 11 is 0. The fraction of sp³-hybridized carbons (Fsp3) is 0. The predicted molar refractivity (Wildman–Crippen MR) is 445 cm³/mol. The molecule has 0 N–H and O–H groups in total. The molecule has 0 amide bonds. The van der Waals surface area contributed by atoms with Crippen molar-refractivity contribution in [1.29, 1.82) is 0 Å². The van der Waals surface area contributed by atoms with Crippen LogP contribution in [0.1, 0.15) is 0 Å². The zero-order valence-electron chi connectivity index (χ0n) is 58.1. The lowest BCUT2D eigenvalue weighted by molar-refractivity contribution is 1.47. The highest BCUT2D eigenvalue weighted by Gasteiger charge is 2.29. The second kappa shape index (κ2) is 25.0. The molecule has 0 bridgehead atoms. The Morgan fingerprint density at radius 1 is 0.123 bits per heavy atom. The van der Waals surface area contributed by atoms with Gasteiger partial charge in [0.05, 0.1) is 0 Å². The molecular weight excluding hydrogens is 1270 g/mol. The van der Waals surface area contributed by atoms with Crippen molar-refractivity contribution < 1.29 is 0 Å². The van der Waals surface area contributed by atoms with Gasteiger partial charge in [-0.15, -0.1) is 0 Å². The molecule has 0 unspecified atom stereocenters. The Kier molecular flexibility index (Phi) is 14.4. The highest BCUT2D eigenvalue weighted by atomic mass is 14.3. The molecule has 0 aromatic heterocycles. The fourth-order valence-corrected chi connectivity index (χ4v) is 17.9. The summed E-state index contributed by atoms with van der Waals surface area (Å²) in [7, 11) is 0. The number of rotatable bonds is 12. The normalized spacial score (nSPS) is 11.8. The Hall–Kier alpha value is -13.8. The smallest absolute Gasteiger partial charge is 0.000717 e. The third-order valence-electron chi connectivity index (χ3n) is 22.6. The van der Waals surface area contributed by atoms with Gasteiger partial charge < -0.3 is 0 Å². The second-order valence-corrected chi connectivity index (χ2v) is 28.3. The molecule has 0 spiro atoms. The molecule has 0 saturated heterocycles. The van der Waals surface area contributed by atoms with Crippen LogP contribution in [0, 0.1) is 41.7 Å². The van der Waals surface area contributed by atoms with Gasteiger partial charge in [0.2, 0.25) is 0 Å². The molecule has 21 rings (SSSR count). The van der Waals surface area contributed by atoms with Crippen molar-refractivity contribution in [2.24, 2.45) is 0 Å². The maximum atomic E-state index is 2.54. The van der Waals surface area contributed by atoms with Crippen molar-refractivity contribution in [1.82, 2.24) is 0 Å². The van der Waals surface area contributed by atoms with Crippen molar-refractivity contribution in [3.8, 4) is 134 Å². The summed E-state index contributed by atoms with van der Waals surface area (Å²) in [6, 6.07) is 151. The summed E-state index contributed by atoms with van der Waals surface area (Å²) in [5, 5.41) is 19.7. The maximum Gasteiger partial charge on any atom is -0.000717 e. The van der Waals surface area contributed by atoms with Crippen molar-refractivity contribution >= 4 is 43.1 Å². The topological polar surface area (TPSA) is 0 Å². The van der Waals surface area contributed by atoms with E-state index < -0.39 is 0 Å². The molecule has 0 heterocycles. The zero-order valence-corrected chi connectivity index (χ0v) is 58.1. The zero-order chi connectivity index (χ0) is 69.8. The van der Waals surface area contributed by atoms with Gasteiger partial charge in [-0.3, -0.25) is 0 Å². The Balaban J connectivity index is 1.03. The minimum absolute atomic E-state index is 1.17. The van der Waals surface area contributed by atoms with Crippen LogP contribution in [-0.4, -0.2) is 0 Å². The lowest BCUT2D eigenvalue weighted by Gasteiger charge is -2.21. The molecule has 2 aliphatic carbocycles. The molecule has 0 atom stereocenters. The average Bonchev–Trinajstić information content (AvgIpc) is 1.47. The van der Waals surface area contributed by atoms with Gasteiger partial charge in [0.1, 0.15) is 0 Å². The van der Waals surface area contributed by atoms with Gasteiger partial charge >= 0.3 is 0 Å². The minimum atomic E-state index is 1.17. The van der Waals surface area contributed by atoms with Crippen LogP contribution >= 0.6 is 0 Å². The number of benzene rings is 19. The first-order valence-corrected chi connectivity index (χ1v) is 36.9. The summed E-state index contributed by atoms with van der Waals surface area (Å²) in [6.07, 6.45) is 0. The van der Waals surface area contributed by atoms with Crippen LogP contribution in [0.5, 0.6) is 0 Å². The molecule has 0 heteroatoms. The minimum Gasteiger partial charge on any atom is -0.0622 e. The van der Waals surface area contributed by atoms with Crippen LogP contribution in [0.2, 0.25) is 0 Å². The molecule has 19 aromatic carbocycles. The van der Waals surface area contributed by atoms with Crippen LogP contribution in [-0.2, 0) is 0 Å². The summed E-state index contributed by atoms with van der Waals surface area (Å²) in [5.74, 6) is 0. The van der Waals surface area contributed by atoms with E-state index in [1.54, 1.807) is 0 Å². The molecule has 106 heavy (non-hydrogen) atoms. The third kappa shape index (κ3) is 9.84. The van der Waals surface area contributed by atoms with E-state index in [0.29, 0.717) is 0 Å². The Morgan fingerprint density at radius 2 is 0.330 bits per heavy atom. The van der Waals surface area contributed by atoms with Gasteiger partial charge in [0.25, 0.3) is 0 Å². The Labute approximate surface area is 614 Å². The largest absolute Gasteiger partial charge is 0.0622 e. The summed E-state index contributed by atoms with van der Waals surface area (Å²) in [4.78, 5) is 0. The van der Waals surface area contributed by atoms with E-state index in [2.05, 4.69) is 400 Å². The van der Waals surface area contributed by atoms with E-state index in [9.17, 15) is 0 Å². The van der Waals surface area contributed by atoms with E-state index in [-0.39, 0.29) is 0 Å². The van der Waals surface area contributed by atoms with Gasteiger partial charge in [-0.2, -0.15) is 0 Å². The molecular formula is C106H66. The molecule has 19 aromatic rings. The van der Waals surface area contributed by atoms with Crippen molar-refractivity contribution in [3.63, 3.8) is 0 Å². The Bertz CT molecular complexity index is 6800. The molecule has 490 valence electrons. The number of hydrogen-bond acceptors (Lipinski definition) is 0. The first-order valence-electron chi connectivity index (χ1n) is 36.9.